The first-order valence-corrected chi connectivity index (χ1v) is 7.40. The molecule has 0 aliphatic carbocycles. The van der Waals surface area contributed by atoms with Crippen LogP contribution in [0.15, 0.2) is 53.7 Å². The smallest absolute Gasteiger partial charge is 0.271 e. The minimum absolute atomic E-state index is 0.0325. The average Bonchev–Trinajstić information content (AvgIpc) is 2.81. The van der Waals surface area contributed by atoms with Crippen LogP contribution >= 0.6 is 0 Å². The summed E-state index contributed by atoms with van der Waals surface area (Å²) in [5, 5.41) is 29.5. The molecule has 0 aliphatic rings. The van der Waals surface area contributed by atoms with Gasteiger partial charge in [0.05, 0.1) is 0 Å². The third-order valence-electron chi connectivity index (χ3n) is 3.10. The molecule has 108 valence electrons. The van der Waals surface area contributed by atoms with Gasteiger partial charge in [0, 0.05) is 29.2 Å². The number of aromatic nitrogens is 1. The zero-order chi connectivity index (χ0) is 15.2. The Morgan fingerprint density at radius 3 is 2.14 bits per heavy atom. The Morgan fingerprint density at radius 1 is 0.810 bits per heavy atom. The summed E-state index contributed by atoms with van der Waals surface area (Å²) < 4.78 is 25.9. The molecule has 3 aromatic rings. The lowest BCUT2D eigenvalue weighted by molar-refractivity contribution is 0.439. The van der Waals surface area contributed by atoms with E-state index in [1.807, 2.05) is 0 Å². The summed E-state index contributed by atoms with van der Waals surface area (Å²) in [5.41, 5.74) is 0. The Morgan fingerprint density at radius 2 is 1.43 bits per heavy atom. The molecule has 7 heteroatoms. The number of hydrogen-bond donors (Lipinski definition) is 3. The molecule has 3 rings (SSSR count). The molecule has 1 heterocycles. The van der Waals surface area contributed by atoms with Crippen molar-refractivity contribution in [2.24, 2.45) is 0 Å². The van der Waals surface area contributed by atoms with Gasteiger partial charge in [-0.3, -0.25) is 0 Å². The fourth-order valence-electron chi connectivity index (χ4n) is 2.08. The van der Waals surface area contributed by atoms with Crippen molar-refractivity contribution in [3.8, 4) is 17.2 Å². The molecule has 0 amide bonds. The van der Waals surface area contributed by atoms with Crippen LogP contribution < -0.4 is 0 Å². The topological polar surface area (TPSA) is 99.8 Å². The molecule has 1 aromatic heterocycles. The van der Waals surface area contributed by atoms with Gasteiger partial charge in [0.1, 0.15) is 22.1 Å². The third-order valence-corrected chi connectivity index (χ3v) is 4.77. The normalized spacial score (nSPS) is 11.8. The highest BCUT2D eigenvalue weighted by molar-refractivity contribution is 7.90. The average molecular weight is 305 g/mol. The van der Waals surface area contributed by atoms with Crippen molar-refractivity contribution >= 4 is 20.8 Å². The van der Waals surface area contributed by atoms with E-state index < -0.39 is 15.8 Å². The fourth-order valence-corrected chi connectivity index (χ4v) is 3.37. The number of phenolic OH excluding ortho intramolecular Hbond substituents is 3. The van der Waals surface area contributed by atoms with E-state index in [9.17, 15) is 23.7 Å². The van der Waals surface area contributed by atoms with Gasteiger partial charge in [-0.15, -0.1) is 0 Å². The van der Waals surface area contributed by atoms with Gasteiger partial charge in [0.2, 0.25) is 0 Å². The van der Waals surface area contributed by atoms with E-state index in [-0.39, 0.29) is 16.4 Å². The summed E-state index contributed by atoms with van der Waals surface area (Å²) in [6.07, 6.45) is 2.73. The first-order valence-electron chi connectivity index (χ1n) is 5.96. The predicted octanol–water partition coefficient (Wildman–Crippen LogP) is 2.00. The maximum absolute atomic E-state index is 12.5. The van der Waals surface area contributed by atoms with Gasteiger partial charge in [-0.05, 0) is 30.3 Å². The quantitative estimate of drug-likeness (QED) is 0.672. The molecule has 0 saturated heterocycles. The summed E-state index contributed by atoms with van der Waals surface area (Å²) in [5.74, 6) is -0.727. The van der Waals surface area contributed by atoms with Crippen LogP contribution in [0.25, 0.3) is 10.8 Å². The molecule has 0 saturated carbocycles. The molecule has 0 aliphatic heterocycles. The lowest BCUT2D eigenvalue weighted by Crippen LogP contribution is -2.10. The molecule has 6 nitrogen and oxygen atoms in total. The van der Waals surface area contributed by atoms with Crippen LogP contribution in [-0.4, -0.2) is 27.7 Å². The number of fused-ring (bicyclic) bond motifs is 1. The number of benzene rings is 2. The second-order valence-corrected chi connectivity index (χ2v) is 6.37. The second-order valence-electron chi connectivity index (χ2n) is 4.56. The summed E-state index contributed by atoms with van der Waals surface area (Å²) in [4.78, 5) is -0.315. The summed E-state index contributed by atoms with van der Waals surface area (Å²) >= 11 is 0. The molecule has 0 unspecified atom stereocenters. The Bertz CT molecular complexity index is 943. The lowest BCUT2D eigenvalue weighted by atomic mass is 10.2. The van der Waals surface area contributed by atoms with E-state index in [4.69, 9.17) is 0 Å². The van der Waals surface area contributed by atoms with Crippen LogP contribution in [0.1, 0.15) is 0 Å². The first-order chi connectivity index (χ1) is 9.88. The molecular formula is C14H11NO5S. The van der Waals surface area contributed by atoms with Gasteiger partial charge in [-0.2, -0.15) is 0 Å². The number of rotatable bonds is 2. The van der Waals surface area contributed by atoms with E-state index in [2.05, 4.69) is 0 Å². The van der Waals surface area contributed by atoms with E-state index in [0.717, 1.165) is 16.1 Å². The first kappa shape index (κ1) is 13.3. The Labute approximate surface area is 120 Å². The summed E-state index contributed by atoms with van der Waals surface area (Å²) in [6.45, 7) is 0. The van der Waals surface area contributed by atoms with E-state index in [1.54, 1.807) is 6.07 Å². The molecule has 0 radical (unpaired) electrons. The fraction of sp³-hybridized carbons (Fsp3) is 0. The van der Waals surface area contributed by atoms with E-state index >= 15 is 0 Å². The third kappa shape index (κ3) is 2.17. The highest BCUT2D eigenvalue weighted by Gasteiger charge is 2.21. The zero-order valence-electron chi connectivity index (χ0n) is 10.6. The number of aromatic hydroxyl groups is 3. The van der Waals surface area contributed by atoms with Gasteiger partial charge in [-0.1, -0.05) is 0 Å². The van der Waals surface area contributed by atoms with Gasteiger partial charge in [0.15, 0.2) is 0 Å². The van der Waals surface area contributed by atoms with Crippen LogP contribution in [-0.2, 0) is 10.0 Å². The Balaban J connectivity index is 2.20. The number of phenols is 3. The maximum atomic E-state index is 12.5. The van der Waals surface area contributed by atoms with Gasteiger partial charge in [0.25, 0.3) is 10.0 Å². The van der Waals surface area contributed by atoms with Crippen LogP contribution in [0.4, 0.5) is 0 Å². The van der Waals surface area contributed by atoms with Crippen LogP contribution in [0.3, 0.4) is 0 Å². The van der Waals surface area contributed by atoms with Crippen molar-refractivity contribution in [2.75, 3.05) is 0 Å². The molecule has 0 spiro atoms. The Kier molecular flexibility index (Phi) is 2.80. The standard InChI is InChI=1S/C14H11NO5S/c16-11-2-1-9-7-15(8-10(9)5-11)21(19,20)14-4-3-12(17)6-13(14)18/h1-8,16-18H. The van der Waals surface area contributed by atoms with Crippen molar-refractivity contribution in [2.45, 2.75) is 4.90 Å². The molecule has 21 heavy (non-hydrogen) atoms. The minimum atomic E-state index is -3.99. The molecule has 0 atom stereocenters. The summed E-state index contributed by atoms with van der Waals surface area (Å²) in [7, 11) is -3.99. The molecule has 2 aromatic carbocycles. The minimum Gasteiger partial charge on any atom is -0.508 e. The van der Waals surface area contributed by atoms with Crippen molar-refractivity contribution in [1.82, 2.24) is 3.97 Å². The second kappa shape index (κ2) is 4.42. The maximum Gasteiger partial charge on any atom is 0.271 e. The Hall–Kier alpha value is -2.67. The predicted molar refractivity (Wildman–Crippen MR) is 76.0 cm³/mol. The largest absolute Gasteiger partial charge is 0.508 e. The van der Waals surface area contributed by atoms with Crippen LogP contribution in [0.5, 0.6) is 17.2 Å². The highest BCUT2D eigenvalue weighted by Crippen LogP contribution is 2.30. The van der Waals surface area contributed by atoms with Gasteiger partial charge < -0.3 is 15.3 Å². The van der Waals surface area contributed by atoms with Gasteiger partial charge >= 0.3 is 0 Å². The van der Waals surface area contributed by atoms with Crippen molar-refractivity contribution in [3.05, 3.63) is 48.8 Å². The SMILES string of the molecule is O=S(=O)(c1ccc(O)cc1O)n1cc2ccc(O)cc2c1. The summed E-state index contributed by atoms with van der Waals surface area (Å²) in [6, 6.07) is 7.76. The monoisotopic (exact) mass is 305 g/mol. The zero-order valence-corrected chi connectivity index (χ0v) is 11.4. The van der Waals surface area contributed by atoms with Gasteiger partial charge in [-0.25, -0.2) is 12.4 Å². The molecule has 0 bridgehead atoms. The van der Waals surface area contributed by atoms with Crippen molar-refractivity contribution in [3.63, 3.8) is 0 Å². The number of nitrogens with zero attached hydrogens (tertiary/aromatic N) is 1. The van der Waals surface area contributed by atoms with E-state index in [1.165, 1.54) is 30.6 Å². The number of hydrogen-bond acceptors (Lipinski definition) is 5. The molecule has 0 fully saturated rings. The van der Waals surface area contributed by atoms with Crippen LogP contribution in [0.2, 0.25) is 0 Å². The molecule has 3 N–H and O–H groups in total. The van der Waals surface area contributed by atoms with Crippen molar-refractivity contribution in [1.29, 1.82) is 0 Å². The van der Waals surface area contributed by atoms with Crippen molar-refractivity contribution < 1.29 is 23.7 Å². The van der Waals surface area contributed by atoms with Crippen LogP contribution in [0, 0.1) is 0 Å². The molecular weight excluding hydrogens is 294 g/mol. The highest BCUT2D eigenvalue weighted by atomic mass is 32.2. The lowest BCUT2D eigenvalue weighted by Gasteiger charge is -2.07. The van der Waals surface area contributed by atoms with E-state index in [0.29, 0.717) is 10.8 Å².